The van der Waals surface area contributed by atoms with E-state index >= 15 is 0 Å². The summed E-state index contributed by atoms with van der Waals surface area (Å²) in [6, 6.07) is 38.5. The van der Waals surface area contributed by atoms with Crippen LogP contribution in [0.25, 0.3) is 66.6 Å². The number of rotatable bonds is 2. The average molecular weight is 464 g/mol. The number of benzene rings is 5. The lowest BCUT2D eigenvalue weighted by molar-refractivity contribution is 0.644. The van der Waals surface area contributed by atoms with Crippen LogP contribution in [0.5, 0.6) is 0 Å². The number of aromatic nitrogens is 3. The second kappa shape index (κ2) is 7.09. The number of imidazole rings is 1. The van der Waals surface area contributed by atoms with Crippen LogP contribution in [0.15, 0.2) is 114 Å². The average Bonchev–Trinajstić information content (AvgIpc) is 3.56. The van der Waals surface area contributed by atoms with Crippen LogP contribution in [0.2, 0.25) is 0 Å². The molecule has 0 saturated heterocycles. The van der Waals surface area contributed by atoms with Crippen LogP contribution in [-0.2, 0) is 0 Å². The van der Waals surface area contributed by atoms with E-state index in [0.29, 0.717) is 5.84 Å². The van der Waals surface area contributed by atoms with Crippen molar-refractivity contribution in [1.29, 1.82) is 0 Å². The lowest BCUT2D eigenvalue weighted by Gasteiger charge is -2.08. The first-order chi connectivity index (χ1) is 17.8. The van der Waals surface area contributed by atoms with Crippen LogP contribution in [0.3, 0.4) is 0 Å². The fourth-order valence-corrected chi connectivity index (χ4v) is 5.59. The Bertz CT molecular complexity index is 2110. The minimum atomic E-state index is 0.621. The zero-order valence-corrected chi connectivity index (χ0v) is 19.6. The van der Waals surface area contributed by atoms with Gasteiger partial charge >= 0.3 is 5.84 Å². The Hall–Kier alpha value is -4.83. The minimum absolute atomic E-state index is 0.621. The van der Waals surface area contributed by atoms with Crippen LogP contribution < -0.4 is 0 Å². The third-order valence-corrected chi connectivity index (χ3v) is 7.20. The topological polar surface area (TPSA) is 35.4 Å². The van der Waals surface area contributed by atoms with Crippen LogP contribution in [0.1, 0.15) is 5.56 Å². The maximum atomic E-state index is 6.36. The molecule has 0 spiro atoms. The van der Waals surface area contributed by atoms with Crippen LogP contribution >= 0.6 is 0 Å². The van der Waals surface area contributed by atoms with Crippen LogP contribution in [0, 0.1) is 6.92 Å². The van der Waals surface area contributed by atoms with E-state index in [0.717, 1.165) is 38.9 Å². The lowest BCUT2D eigenvalue weighted by Crippen LogP contribution is -1.93. The van der Waals surface area contributed by atoms with Crippen LogP contribution in [0.4, 0.5) is 0 Å². The summed E-state index contributed by atoms with van der Waals surface area (Å²) in [5.74, 6) is 0.621. The van der Waals surface area contributed by atoms with Gasteiger partial charge in [-0.2, -0.15) is 4.98 Å². The first-order valence-electron chi connectivity index (χ1n) is 12.2. The van der Waals surface area contributed by atoms with Crippen molar-refractivity contribution < 1.29 is 4.42 Å². The molecule has 0 atom stereocenters. The van der Waals surface area contributed by atoms with Gasteiger partial charge in [0.15, 0.2) is 5.58 Å². The van der Waals surface area contributed by atoms with E-state index in [1.54, 1.807) is 0 Å². The highest BCUT2D eigenvalue weighted by molar-refractivity contribution is 6.11. The Labute approximate surface area is 206 Å². The summed E-state index contributed by atoms with van der Waals surface area (Å²) in [4.78, 5) is 4.72. The molecule has 0 saturated carbocycles. The SMILES string of the molecule is Cc1ccc2c(c1)c1cc(-c3cccc4c3oc3nc5ccccc5n34)ccc1n2-c1ccccc1. The van der Waals surface area contributed by atoms with Crippen molar-refractivity contribution in [2.24, 2.45) is 0 Å². The van der Waals surface area contributed by atoms with E-state index in [-0.39, 0.29) is 0 Å². The molecule has 0 N–H and O–H groups in total. The van der Waals surface area contributed by atoms with Crippen molar-refractivity contribution in [2.75, 3.05) is 0 Å². The fourth-order valence-electron chi connectivity index (χ4n) is 5.59. The molecule has 0 aliphatic carbocycles. The van der Waals surface area contributed by atoms with Gasteiger partial charge in [-0.1, -0.05) is 60.2 Å². The lowest BCUT2D eigenvalue weighted by atomic mass is 10.0. The molecular formula is C32H21N3O. The van der Waals surface area contributed by atoms with Crippen molar-refractivity contribution in [2.45, 2.75) is 6.92 Å². The first-order valence-corrected chi connectivity index (χ1v) is 12.2. The molecule has 4 nitrogen and oxygen atoms in total. The van der Waals surface area contributed by atoms with Gasteiger partial charge in [-0.15, -0.1) is 0 Å². The van der Waals surface area contributed by atoms with Gasteiger partial charge in [-0.05, 0) is 67.1 Å². The molecule has 0 unspecified atom stereocenters. The normalized spacial score (nSPS) is 12.0. The molecule has 4 heteroatoms. The van der Waals surface area contributed by atoms with Gasteiger partial charge in [0.2, 0.25) is 0 Å². The van der Waals surface area contributed by atoms with Crippen LogP contribution in [-0.4, -0.2) is 14.0 Å². The zero-order valence-electron chi connectivity index (χ0n) is 19.6. The number of fused-ring (bicyclic) bond motifs is 8. The predicted octanol–water partition coefficient (Wildman–Crippen LogP) is 8.31. The van der Waals surface area contributed by atoms with E-state index in [9.17, 15) is 0 Å². The Balaban J connectivity index is 1.42. The van der Waals surface area contributed by atoms with Crippen molar-refractivity contribution >= 4 is 49.8 Å². The zero-order chi connectivity index (χ0) is 23.8. The van der Waals surface area contributed by atoms with E-state index < -0.39 is 0 Å². The van der Waals surface area contributed by atoms with Crippen molar-refractivity contribution in [3.63, 3.8) is 0 Å². The van der Waals surface area contributed by atoms with E-state index in [1.165, 1.54) is 27.4 Å². The quantitative estimate of drug-likeness (QED) is 0.258. The first kappa shape index (κ1) is 19.5. The van der Waals surface area contributed by atoms with Gasteiger partial charge in [0.1, 0.15) is 0 Å². The molecule has 5 aromatic carbocycles. The monoisotopic (exact) mass is 463 g/mol. The van der Waals surface area contributed by atoms with E-state index in [1.807, 2.05) is 18.2 Å². The molecule has 0 aliphatic rings. The van der Waals surface area contributed by atoms with Crippen molar-refractivity contribution in [3.05, 3.63) is 115 Å². The molecule has 0 fully saturated rings. The number of para-hydroxylation sites is 4. The van der Waals surface area contributed by atoms with Crippen molar-refractivity contribution in [1.82, 2.24) is 14.0 Å². The molecule has 8 aromatic rings. The summed E-state index contributed by atoms with van der Waals surface area (Å²) in [5.41, 5.74) is 10.9. The summed E-state index contributed by atoms with van der Waals surface area (Å²) in [6.07, 6.45) is 0. The van der Waals surface area contributed by atoms with Gasteiger partial charge in [-0.25, -0.2) is 0 Å². The van der Waals surface area contributed by atoms with Gasteiger partial charge in [0, 0.05) is 22.0 Å². The summed E-state index contributed by atoms with van der Waals surface area (Å²) in [6.45, 7) is 2.15. The summed E-state index contributed by atoms with van der Waals surface area (Å²) < 4.78 is 10.8. The van der Waals surface area contributed by atoms with E-state index in [2.05, 4.69) is 107 Å². The second-order valence-corrected chi connectivity index (χ2v) is 9.40. The third-order valence-electron chi connectivity index (χ3n) is 7.20. The molecule has 0 amide bonds. The Morgan fingerprint density at radius 2 is 1.39 bits per heavy atom. The Morgan fingerprint density at radius 1 is 0.639 bits per heavy atom. The van der Waals surface area contributed by atoms with Gasteiger partial charge in [0.25, 0.3) is 0 Å². The maximum Gasteiger partial charge on any atom is 0.307 e. The third kappa shape index (κ3) is 2.61. The molecule has 170 valence electrons. The second-order valence-electron chi connectivity index (χ2n) is 9.40. The van der Waals surface area contributed by atoms with Gasteiger partial charge < -0.3 is 8.98 Å². The standard InChI is InChI=1S/C32H21N3O/c1-20-14-16-27-24(18-20)25-19-21(15-17-28(25)34(27)22-8-3-2-4-9-22)23-10-7-13-30-31(23)36-32-33-26-11-5-6-12-29(26)35(30)32/h2-19H,1H3. The molecule has 0 aliphatic heterocycles. The molecule has 3 heterocycles. The Kier molecular flexibility index (Phi) is 3.84. The maximum absolute atomic E-state index is 6.36. The number of hydrogen-bond acceptors (Lipinski definition) is 2. The number of oxazole rings is 1. The largest absolute Gasteiger partial charge is 0.422 e. The predicted molar refractivity (Wildman–Crippen MR) is 147 cm³/mol. The highest BCUT2D eigenvalue weighted by atomic mass is 16.4. The number of nitrogens with zero attached hydrogens (tertiary/aromatic N) is 3. The molecular weight excluding hydrogens is 442 g/mol. The summed E-state index contributed by atoms with van der Waals surface area (Å²) in [5, 5.41) is 2.48. The number of hydrogen-bond donors (Lipinski definition) is 0. The highest BCUT2D eigenvalue weighted by Crippen LogP contribution is 2.38. The van der Waals surface area contributed by atoms with Gasteiger partial charge in [-0.3, -0.25) is 4.40 Å². The smallest absolute Gasteiger partial charge is 0.307 e. The van der Waals surface area contributed by atoms with E-state index in [4.69, 9.17) is 9.40 Å². The Morgan fingerprint density at radius 3 is 2.28 bits per heavy atom. The molecule has 0 bridgehead atoms. The van der Waals surface area contributed by atoms with Gasteiger partial charge in [0.05, 0.1) is 27.6 Å². The fraction of sp³-hybridized carbons (Fsp3) is 0.0312. The van der Waals surface area contributed by atoms with Crippen molar-refractivity contribution in [3.8, 4) is 16.8 Å². The minimum Gasteiger partial charge on any atom is -0.422 e. The summed E-state index contributed by atoms with van der Waals surface area (Å²) in [7, 11) is 0. The summed E-state index contributed by atoms with van der Waals surface area (Å²) >= 11 is 0. The highest BCUT2D eigenvalue weighted by Gasteiger charge is 2.18. The molecule has 3 aromatic heterocycles. The molecule has 0 radical (unpaired) electrons. The molecule has 8 rings (SSSR count). The number of aryl methyl sites for hydroxylation is 1. The molecule has 36 heavy (non-hydrogen) atoms.